The van der Waals surface area contributed by atoms with Crippen LogP contribution in [0.1, 0.15) is 43.7 Å². The van der Waals surface area contributed by atoms with E-state index in [9.17, 15) is 5.11 Å². The standard InChI is InChI=1S/C15H23NO2/c1-18-13-9-5-8-12(10-13)14(16)15(17)11-6-3-2-4-7-11/h5,8-11,14-15,17H,2-4,6-7,16H2,1H3/t14-,15+/m0/s1. The predicted octanol–water partition coefficient (Wildman–Crippen LogP) is 2.64. The zero-order valence-corrected chi connectivity index (χ0v) is 11.0. The van der Waals surface area contributed by atoms with E-state index in [-0.39, 0.29) is 6.04 Å². The predicted molar refractivity (Wildman–Crippen MR) is 72.5 cm³/mol. The maximum absolute atomic E-state index is 10.4. The highest BCUT2D eigenvalue weighted by molar-refractivity contribution is 5.31. The lowest BCUT2D eigenvalue weighted by Gasteiger charge is -2.30. The van der Waals surface area contributed by atoms with E-state index in [1.165, 1.54) is 19.3 Å². The number of nitrogens with two attached hydrogens (primary N) is 1. The maximum atomic E-state index is 10.4. The number of aliphatic hydroxyl groups excluding tert-OH is 1. The van der Waals surface area contributed by atoms with Gasteiger partial charge in [-0.1, -0.05) is 31.4 Å². The van der Waals surface area contributed by atoms with Crippen molar-refractivity contribution in [3.05, 3.63) is 29.8 Å². The van der Waals surface area contributed by atoms with Crippen LogP contribution in [0, 0.1) is 5.92 Å². The molecule has 1 aliphatic carbocycles. The van der Waals surface area contributed by atoms with Gasteiger partial charge >= 0.3 is 0 Å². The van der Waals surface area contributed by atoms with Gasteiger partial charge in [0.1, 0.15) is 5.75 Å². The van der Waals surface area contributed by atoms with Crippen molar-refractivity contribution >= 4 is 0 Å². The second-order valence-electron chi connectivity index (χ2n) is 5.19. The molecule has 2 atom stereocenters. The number of benzene rings is 1. The minimum Gasteiger partial charge on any atom is -0.497 e. The van der Waals surface area contributed by atoms with Crippen LogP contribution in [-0.2, 0) is 0 Å². The summed E-state index contributed by atoms with van der Waals surface area (Å²) in [6.07, 6.45) is 5.46. The Balaban J connectivity index is 2.06. The van der Waals surface area contributed by atoms with E-state index in [0.717, 1.165) is 24.2 Å². The molecule has 3 heteroatoms. The average Bonchev–Trinajstić information content (AvgIpc) is 2.46. The monoisotopic (exact) mass is 249 g/mol. The summed E-state index contributed by atoms with van der Waals surface area (Å²) >= 11 is 0. The summed E-state index contributed by atoms with van der Waals surface area (Å²) in [6.45, 7) is 0. The molecule has 0 aliphatic heterocycles. The van der Waals surface area contributed by atoms with Gasteiger partial charge in [-0.3, -0.25) is 0 Å². The van der Waals surface area contributed by atoms with Crippen molar-refractivity contribution in [3.8, 4) is 5.75 Å². The first-order chi connectivity index (χ1) is 8.72. The van der Waals surface area contributed by atoms with Gasteiger partial charge in [-0.25, -0.2) is 0 Å². The molecule has 3 nitrogen and oxygen atoms in total. The lowest BCUT2D eigenvalue weighted by molar-refractivity contribution is 0.0617. The third-order valence-electron chi connectivity index (χ3n) is 3.98. The second kappa shape index (κ2) is 6.21. The Kier molecular flexibility index (Phi) is 4.61. The molecule has 18 heavy (non-hydrogen) atoms. The number of ether oxygens (including phenoxy) is 1. The van der Waals surface area contributed by atoms with Crippen molar-refractivity contribution in [2.75, 3.05) is 7.11 Å². The van der Waals surface area contributed by atoms with Gasteiger partial charge in [0.15, 0.2) is 0 Å². The summed E-state index contributed by atoms with van der Waals surface area (Å²) in [5, 5.41) is 10.4. The average molecular weight is 249 g/mol. The van der Waals surface area contributed by atoms with E-state index in [4.69, 9.17) is 10.5 Å². The van der Waals surface area contributed by atoms with Crippen molar-refractivity contribution in [2.24, 2.45) is 11.7 Å². The van der Waals surface area contributed by atoms with Crippen molar-refractivity contribution in [1.29, 1.82) is 0 Å². The first-order valence-electron chi connectivity index (χ1n) is 6.80. The minimum absolute atomic E-state index is 0.316. The van der Waals surface area contributed by atoms with E-state index in [2.05, 4.69) is 0 Å². The van der Waals surface area contributed by atoms with Gasteiger partial charge in [0, 0.05) is 0 Å². The van der Waals surface area contributed by atoms with E-state index in [0.29, 0.717) is 5.92 Å². The molecule has 1 aliphatic rings. The van der Waals surface area contributed by atoms with Crippen LogP contribution in [-0.4, -0.2) is 18.3 Å². The normalized spacial score (nSPS) is 20.4. The van der Waals surface area contributed by atoms with Crippen LogP contribution < -0.4 is 10.5 Å². The number of hydrogen-bond acceptors (Lipinski definition) is 3. The third kappa shape index (κ3) is 3.03. The van der Waals surface area contributed by atoms with Gasteiger partial charge < -0.3 is 15.6 Å². The molecule has 0 saturated heterocycles. The molecule has 2 rings (SSSR count). The minimum atomic E-state index is -0.447. The van der Waals surface area contributed by atoms with Crippen LogP contribution in [0.15, 0.2) is 24.3 Å². The van der Waals surface area contributed by atoms with Gasteiger partial charge in [-0.05, 0) is 36.5 Å². The summed E-state index contributed by atoms with van der Waals surface area (Å²) in [5.74, 6) is 1.14. The Labute approximate surface area is 109 Å². The van der Waals surface area contributed by atoms with Gasteiger partial charge in [0.05, 0.1) is 19.3 Å². The fourth-order valence-electron chi connectivity index (χ4n) is 2.81. The Morgan fingerprint density at radius 2 is 2.00 bits per heavy atom. The topological polar surface area (TPSA) is 55.5 Å². The number of rotatable bonds is 4. The molecule has 0 heterocycles. The van der Waals surface area contributed by atoms with E-state index < -0.39 is 6.10 Å². The van der Waals surface area contributed by atoms with Crippen LogP contribution in [0.5, 0.6) is 5.75 Å². The molecule has 0 bridgehead atoms. The van der Waals surface area contributed by atoms with Crippen LogP contribution >= 0.6 is 0 Å². The summed E-state index contributed by atoms with van der Waals surface area (Å²) in [5.41, 5.74) is 7.14. The van der Waals surface area contributed by atoms with Crippen molar-refractivity contribution < 1.29 is 9.84 Å². The molecule has 1 aromatic carbocycles. The summed E-state index contributed by atoms with van der Waals surface area (Å²) < 4.78 is 5.19. The Hall–Kier alpha value is -1.06. The Bertz CT molecular complexity index is 375. The van der Waals surface area contributed by atoms with Gasteiger partial charge in [0.2, 0.25) is 0 Å². The van der Waals surface area contributed by atoms with Crippen LogP contribution in [0.25, 0.3) is 0 Å². The first-order valence-corrected chi connectivity index (χ1v) is 6.80. The number of methoxy groups -OCH3 is 1. The summed E-state index contributed by atoms with van der Waals surface area (Å²) in [4.78, 5) is 0. The first kappa shape index (κ1) is 13.4. The van der Waals surface area contributed by atoms with Crippen molar-refractivity contribution in [2.45, 2.75) is 44.2 Å². The molecule has 0 unspecified atom stereocenters. The molecule has 1 aromatic rings. The maximum Gasteiger partial charge on any atom is 0.119 e. The van der Waals surface area contributed by atoms with Crippen molar-refractivity contribution in [3.63, 3.8) is 0 Å². The molecule has 0 spiro atoms. The van der Waals surface area contributed by atoms with Gasteiger partial charge in [-0.15, -0.1) is 0 Å². The molecular weight excluding hydrogens is 226 g/mol. The van der Waals surface area contributed by atoms with Gasteiger partial charge in [0.25, 0.3) is 0 Å². The molecule has 0 amide bonds. The molecule has 1 fully saturated rings. The SMILES string of the molecule is COc1cccc([C@H](N)[C@H](O)C2CCCCC2)c1. The largest absolute Gasteiger partial charge is 0.497 e. The zero-order chi connectivity index (χ0) is 13.0. The fraction of sp³-hybridized carbons (Fsp3) is 0.600. The quantitative estimate of drug-likeness (QED) is 0.862. The lowest BCUT2D eigenvalue weighted by atomic mass is 9.81. The van der Waals surface area contributed by atoms with E-state index >= 15 is 0 Å². The van der Waals surface area contributed by atoms with Crippen LogP contribution in [0.3, 0.4) is 0 Å². The van der Waals surface area contributed by atoms with Crippen LogP contribution in [0.2, 0.25) is 0 Å². The second-order valence-corrected chi connectivity index (χ2v) is 5.19. The van der Waals surface area contributed by atoms with Gasteiger partial charge in [-0.2, -0.15) is 0 Å². The Morgan fingerprint density at radius 3 is 2.67 bits per heavy atom. The van der Waals surface area contributed by atoms with E-state index in [1.807, 2.05) is 24.3 Å². The summed E-state index contributed by atoms with van der Waals surface area (Å²) in [6, 6.07) is 7.36. The molecular formula is C15H23NO2. The number of aliphatic hydroxyl groups is 1. The highest BCUT2D eigenvalue weighted by Crippen LogP contribution is 2.32. The zero-order valence-electron chi connectivity index (χ0n) is 11.0. The Morgan fingerprint density at radius 1 is 1.28 bits per heavy atom. The third-order valence-corrected chi connectivity index (χ3v) is 3.98. The molecule has 100 valence electrons. The molecule has 0 aromatic heterocycles. The highest BCUT2D eigenvalue weighted by Gasteiger charge is 2.27. The lowest BCUT2D eigenvalue weighted by Crippen LogP contribution is -2.34. The smallest absolute Gasteiger partial charge is 0.119 e. The highest BCUT2D eigenvalue weighted by atomic mass is 16.5. The number of hydrogen-bond donors (Lipinski definition) is 2. The van der Waals surface area contributed by atoms with E-state index in [1.54, 1.807) is 7.11 Å². The molecule has 3 N–H and O–H groups in total. The molecule has 0 radical (unpaired) electrons. The van der Waals surface area contributed by atoms with Crippen LogP contribution in [0.4, 0.5) is 0 Å². The summed E-state index contributed by atoms with van der Waals surface area (Å²) in [7, 11) is 1.64. The fourth-order valence-corrected chi connectivity index (χ4v) is 2.81. The molecule has 1 saturated carbocycles. The van der Waals surface area contributed by atoms with Crippen molar-refractivity contribution in [1.82, 2.24) is 0 Å².